The fourth-order valence-corrected chi connectivity index (χ4v) is 1.33. The van der Waals surface area contributed by atoms with Gasteiger partial charge in [0.25, 0.3) is 0 Å². The molecule has 1 saturated heterocycles. The highest BCUT2D eigenvalue weighted by Gasteiger charge is 2.18. The second kappa shape index (κ2) is 5.14. The summed E-state index contributed by atoms with van der Waals surface area (Å²) in [7, 11) is 0. The van der Waals surface area contributed by atoms with E-state index >= 15 is 0 Å². The molecular weight excluding hydrogens is 214 g/mol. The van der Waals surface area contributed by atoms with Gasteiger partial charge in [0, 0.05) is 18.7 Å². The van der Waals surface area contributed by atoms with Crippen LogP contribution in [0.5, 0.6) is 5.75 Å². The van der Waals surface area contributed by atoms with Crippen LogP contribution in [-0.4, -0.2) is 25.0 Å². The van der Waals surface area contributed by atoms with Crippen molar-refractivity contribution in [2.24, 2.45) is 0 Å². The standard InChI is InChI=1S/C11H13NO2.ClH/c1-8(13)9-3-2-4-10(5-9)14-11-6-12-7-11;/h2-5,11-12H,6-7H2,1H3;1H. The second-order valence-electron chi connectivity index (χ2n) is 3.48. The third-order valence-electron chi connectivity index (χ3n) is 2.29. The number of rotatable bonds is 3. The zero-order valence-electron chi connectivity index (χ0n) is 8.53. The molecular formula is C11H14ClNO2. The summed E-state index contributed by atoms with van der Waals surface area (Å²) in [6.45, 7) is 3.35. The van der Waals surface area contributed by atoms with Gasteiger partial charge in [0.1, 0.15) is 11.9 Å². The first-order valence-corrected chi connectivity index (χ1v) is 4.74. The first kappa shape index (κ1) is 12.0. The maximum absolute atomic E-state index is 11.1. The van der Waals surface area contributed by atoms with Crippen LogP contribution in [0.3, 0.4) is 0 Å². The number of carbonyl (C=O) groups excluding carboxylic acids is 1. The third-order valence-corrected chi connectivity index (χ3v) is 2.29. The molecule has 0 spiro atoms. The number of Topliss-reactive ketones (excluding diaryl/α,β-unsaturated/α-hetero) is 1. The normalized spacial score (nSPS) is 15.0. The van der Waals surface area contributed by atoms with Gasteiger partial charge in [0.05, 0.1) is 0 Å². The Labute approximate surface area is 95.2 Å². The van der Waals surface area contributed by atoms with Crippen molar-refractivity contribution >= 4 is 18.2 Å². The molecule has 0 unspecified atom stereocenters. The van der Waals surface area contributed by atoms with Crippen molar-refractivity contribution in [1.29, 1.82) is 0 Å². The molecule has 0 saturated carbocycles. The van der Waals surface area contributed by atoms with Crippen molar-refractivity contribution in [2.75, 3.05) is 13.1 Å². The van der Waals surface area contributed by atoms with Gasteiger partial charge in [0.2, 0.25) is 0 Å². The van der Waals surface area contributed by atoms with Crippen LogP contribution in [0.15, 0.2) is 24.3 Å². The van der Waals surface area contributed by atoms with Gasteiger partial charge < -0.3 is 10.1 Å². The van der Waals surface area contributed by atoms with Gasteiger partial charge in [-0.05, 0) is 19.1 Å². The number of ether oxygens (including phenoxy) is 1. The van der Waals surface area contributed by atoms with Crippen molar-refractivity contribution in [3.8, 4) is 5.75 Å². The minimum Gasteiger partial charge on any atom is -0.488 e. The van der Waals surface area contributed by atoms with E-state index in [4.69, 9.17) is 4.74 Å². The molecule has 82 valence electrons. The fraction of sp³-hybridized carbons (Fsp3) is 0.364. The van der Waals surface area contributed by atoms with Gasteiger partial charge in [-0.3, -0.25) is 4.79 Å². The molecule has 1 fully saturated rings. The lowest BCUT2D eigenvalue weighted by Crippen LogP contribution is -2.50. The predicted octanol–water partition coefficient (Wildman–Crippen LogP) is 1.66. The Hall–Kier alpha value is -1.06. The number of halogens is 1. The van der Waals surface area contributed by atoms with Crippen LogP contribution in [0.4, 0.5) is 0 Å². The molecule has 0 amide bonds. The number of benzene rings is 1. The van der Waals surface area contributed by atoms with Crippen LogP contribution >= 0.6 is 12.4 Å². The van der Waals surface area contributed by atoms with Gasteiger partial charge in [-0.25, -0.2) is 0 Å². The molecule has 1 aliphatic rings. The van der Waals surface area contributed by atoms with E-state index in [1.165, 1.54) is 0 Å². The van der Waals surface area contributed by atoms with Gasteiger partial charge >= 0.3 is 0 Å². The molecule has 0 aromatic heterocycles. The molecule has 1 heterocycles. The molecule has 3 nitrogen and oxygen atoms in total. The van der Waals surface area contributed by atoms with E-state index < -0.39 is 0 Å². The van der Waals surface area contributed by atoms with Gasteiger partial charge in [-0.1, -0.05) is 12.1 Å². The predicted molar refractivity (Wildman–Crippen MR) is 61.0 cm³/mol. The molecule has 0 radical (unpaired) electrons. The van der Waals surface area contributed by atoms with E-state index in [9.17, 15) is 4.79 Å². The molecule has 0 aliphatic carbocycles. The third kappa shape index (κ3) is 2.94. The summed E-state index contributed by atoms with van der Waals surface area (Å²) < 4.78 is 5.63. The first-order chi connectivity index (χ1) is 6.75. The summed E-state index contributed by atoms with van der Waals surface area (Å²) in [5.74, 6) is 0.853. The van der Waals surface area contributed by atoms with Crippen molar-refractivity contribution in [1.82, 2.24) is 5.32 Å². The quantitative estimate of drug-likeness (QED) is 0.799. The molecule has 4 heteroatoms. The highest BCUT2D eigenvalue weighted by atomic mass is 35.5. The lowest BCUT2D eigenvalue weighted by molar-refractivity contribution is 0.101. The average molecular weight is 228 g/mol. The zero-order chi connectivity index (χ0) is 9.97. The van der Waals surface area contributed by atoms with Crippen molar-refractivity contribution in [2.45, 2.75) is 13.0 Å². The van der Waals surface area contributed by atoms with Crippen molar-refractivity contribution < 1.29 is 9.53 Å². The summed E-state index contributed by atoms with van der Waals surface area (Å²) in [4.78, 5) is 11.1. The van der Waals surface area contributed by atoms with Gasteiger partial charge in [-0.15, -0.1) is 12.4 Å². The number of ketones is 1. The molecule has 0 bridgehead atoms. The molecule has 15 heavy (non-hydrogen) atoms. The summed E-state index contributed by atoms with van der Waals surface area (Å²) in [6, 6.07) is 7.32. The Kier molecular flexibility index (Phi) is 4.12. The highest BCUT2D eigenvalue weighted by molar-refractivity contribution is 5.94. The number of nitrogens with one attached hydrogen (secondary N) is 1. The zero-order valence-corrected chi connectivity index (χ0v) is 9.34. The van der Waals surface area contributed by atoms with Crippen LogP contribution in [-0.2, 0) is 0 Å². The number of hydrogen-bond donors (Lipinski definition) is 1. The van der Waals surface area contributed by atoms with Crippen molar-refractivity contribution in [3.05, 3.63) is 29.8 Å². The van der Waals surface area contributed by atoms with E-state index in [1.54, 1.807) is 19.1 Å². The van der Waals surface area contributed by atoms with Crippen LogP contribution in [0, 0.1) is 0 Å². The molecule has 1 aliphatic heterocycles. The van der Waals surface area contributed by atoms with E-state index in [0.717, 1.165) is 18.8 Å². The number of carbonyl (C=O) groups is 1. The molecule has 0 atom stereocenters. The molecule has 1 N–H and O–H groups in total. The lowest BCUT2D eigenvalue weighted by atomic mass is 10.1. The minimum atomic E-state index is 0. The van der Waals surface area contributed by atoms with E-state index in [0.29, 0.717) is 5.56 Å². The van der Waals surface area contributed by atoms with E-state index in [-0.39, 0.29) is 24.3 Å². The Morgan fingerprint density at radius 3 is 2.73 bits per heavy atom. The summed E-state index contributed by atoms with van der Waals surface area (Å²) in [5, 5.41) is 3.13. The van der Waals surface area contributed by atoms with Crippen molar-refractivity contribution in [3.63, 3.8) is 0 Å². The Bertz CT molecular complexity index is 350. The van der Waals surface area contributed by atoms with Crippen LogP contribution in [0.2, 0.25) is 0 Å². The van der Waals surface area contributed by atoms with E-state index in [2.05, 4.69) is 5.32 Å². The maximum Gasteiger partial charge on any atom is 0.159 e. The first-order valence-electron chi connectivity index (χ1n) is 4.74. The smallest absolute Gasteiger partial charge is 0.159 e. The molecule has 2 rings (SSSR count). The largest absolute Gasteiger partial charge is 0.488 e. The average Bonchev–Trinajstić information content (AvgIpc) is 2.12. The second-order valence-corrected chi connectivity index (χ2v) is 3.48. The lowest BCUT2D eigenvalue weighted by Gasteiger charge is -2.27. The van der Waals surface area contributed by atoms with Crippen LogP contribution < -0.4 is 10.1 Å². The Morgan fingerprint density at radius 2 is 2.20 bits per heavy atom. The summed E-state index contributed by atoms with van der Waals surface area (Å²) in [6.07, 6.45) is 0.261. The SMILES string of the molecule is CC(=O)c1cccc(OC2CNC2)c1.Cl. The minimum absolute atomic E-state index is 0. The monoisotopic (exact) mass is 227 g/mol. The summed E-state index contributed by atoms with van der Waals surface area (Å²) >= 11 is 0. The molecule has 1 aromatic carbocycles. The fourth-order valence-electron chi connectivity index (χ4n) is 1.33. The topological polar surface area (TPSA) is 38.3 Å². The Balaban J connectivity index is 0.00000112. The maximum atomic E-state index is 11.1. The summed E-state index contributed by atoms with van der Waals surface area (Å²) in [5.41, 5.74) is 0.704. The van der Waals surface area contributed by atoms with E-state index in [1.807, 2.05) is 12.1 Å². The Morgan fingerprint density at radius 1 is 1.47 bits per heavy atom. The van der Waals surface area contributed by atoms with Gasteiger partial charge in [-0.2, -0.15) is 0 Å². The van der Waals surface area contributed by atoms with Crippen LogP contribution in [0.25, 0.3) is 0 Å². The molecule has 1 aromatic rings. The van der Waals surface area contributed by atoms with Gasteiger partial charge in [0.15, 0.2) is 5.78 Å². The number of hydrogen-bond acceptors (Lipinski definition) is 3. The highest BCUT2D eigenvalue weighted by Crippen LogP contribution is 2.16. The van der Waals surface area contributed by atoms with Crippen LogP contribution in [0.1, 0.15) is 17.3 Å².